The molecule has 6 heteroatoms. The number of nitrogens with zero attached hydrogens (tertiary/aromatic N) is 2. The Hall–Kier alpha value is -1.95. The summed E-state index contributed by atoms with van der Waals surface area (Å²) in [5.74, 6) is -0.126. The molecular weight excluding hydrogens is 284 g/mol. The van der Waals surface area contributed by atoms with Crippen molar-refractivity contribution in [3.8, 4) is 0 Å². The first-order chi connectivity index (χ1) is 10.5. The lowest BCUT2D eigenvalue weighted by molar-refractivity contribution is -0.385. The molecule has 0 aliphatic carbocycles. The van der Waals surface area contributed by atoms with Crippen LogP contribution in [0.15, 0.2) is 24.3 Å². The van der Waals surface area contributed by atoms with Crippen molar-refractivity contribution < 1.29 is 14.5 Å². The smallest absolute Gasteiger partial charge is 0.309 e. The van der Waals surface area contributed by atoms with Crippen LogP contribution in [0.2, 0.25) is 0 Å². The highest BCUT2D eigenvalue weighted by Crippen LogP contribution is 2.28. The number of esters is 1. The highest BCUT2D eigenvalue weighted by atomic mass is 16.6. The lowest BCUT2D eigenvalue weighted by Crippen LogP contribution is -2.38. The van der Waals surface area contributed by atoms with Crippen LogP contribution in [0.4, 0.5) is 5.69 Å². The third kappa shape index (κ3) is 3.82. The van der Waals surface area contributed by atoms with Gasteiger partial charge in [-0.3, -0.25) is 19.8 Å². The Morgan fingerprint density at radius 1 is 1.45 bits per heavy atom. The molecule has 1 saturated heterocycles. The number of nitro benzene ring substituents is 1. The molecule has 0 bridgehead atoms. The third-order valence-corrected chi connectivity index (χ3v) is 4.26. The Morgan fingerprint density at radius 3 is 2.73 bits per heavy atom. The average Bonchev–Trinajstić information content (AvgIpc) is 2.54. The Morgan fingerprint density at radius 2 is 2.14 bits per heavy atom. The molecule has 1 aromatic carbocycles. The monoisotopic (exact) mass is 306 g/mol. The Bertz CT molecular complexity index is 539. The molecule has 1 aromatic rings. The van der Waals surface area contributed by atoms with Crippen molar-refractivity contribution in [2.45, 2.75) is 32.7 Å². The average molecular weight is 306 g/mol. The maximum atomic E-state index is 11.7. The van der Waals surface area contributed by atoms with Crippen LogP contribution in [0.1, 0.15) is 38.3 Å². The van der Waals surface area contributed by atoms with Gasteiger partial charge in [0.25, 0.3) is 5.69 Å². The molecule has 22 heavy (non-hydrogen) atoms. The number of piperidine rings is 1. The van der Waals surface area contributed by atoms with Crippen LogP contribution in [-0.2, 0) is 9.53 Å². The van der Waals surface area contributed by atoms with Gasteiger partial charge in [0.2, 0.25) is 0 Å². The number of likely N-dealkylation sites (tertiary alicyclic amines) is 1. The Balaban J connectivity index is 1.97. The zero-order valence-corrected chi connectivity index (χ0v) is 13.0. The Kier molecular flexibility index (Phi) is 5.49. The van der Waals surface area contributed by atoms with Gasteiger partial charge in [-0.05, 0) is 45.3 Å². The van der Waals surface area contributed by atoms with E-state index < -0.39 is 0 Å². The van der Waals surface area contributed by atoms with Crippen molar-refractivity contribution in [2.24, 2.45) is 5.92 Å². The second-order valence-electron chi connectivity index (χ2n) is 5.59. The number of rotatable bonds is 5. The van der Waals surface area contributed by atoms with Gasteiger partial charge in [0, 0.05) is 18.2 Å². The van der Waals surface area contributed by atoms with Crippen LogP contribution >= 0.6 is 0 Å². The molecule has 1 fully saturated rings. The lowest BCUT2D eigenvalue weighted by atomic mass is 9.94. The predicted octanol–water partition coefficient (Wildman–Crippen LogP) is 2.93. The predicted molar refractivity (Wildman–Crippen MR) is 82.4 cm³/mol. The molecule has 0 spiro atoms. The summed E-state index contributed by atoms with van der Waals surface area (Å²) in [4.78, 5) is 24.5. The Labute approximate surface area is 130 Å². The minimum atomic E-state index is -0.372. The van der Waals surface area contributed by atoms with Gasteiger partial charge in [-0.1, -0.05) is 12.1 Å². The van der Waals surface area contributed by atoms with Crippen LogP contribution in [0.3, 0.4) is 0 Å². The zero-order valence-electron chi connectivity index (χ0n) is 13.0. The second kappa shape index (κ2) is 7.35. The highest BCUT2D eigenvalue weighted by Gasteiger charge is 2.28. The van der Waals surface area contributed by atoms with E-state index >= 15 is 0 Å². The van der Waals surface area contributed by atoms with Gasteiger partial charge in [-0.25, -0.2) is 0 Å². The van der Waals surface area contributed by atoms with E-state index in [9.17, 15) is 14.9 Å². The fraction of sp³-hybridized carbons (Fsp3) is 0.562. The zero-order chi connectivity index (χ0) is 16.1. The van der Waals surface area contributed by atoms with Crippen LogP contribution in [0.5, 0.6) is 0 Å². The molecule has 1 unspecified atom stereocenters. The highest BCUT2D eigenvalue weighted by molar-refractivity contribution is 5.72. The van der Waals surface area contributed by atoms with Gasteiger partial charge in [0.05, 0.1) is 17.4 Å². The molecule has 0 amide bonds. The first kappa shape index (κ1) is 16.4. The minimum absolute atomic E-state index is 0.0199. The summed E-state index contributed by atoms with van der Waals surface area (Å²) in [6.45, 7) is 5.88. The minimum Gasteiger partial charge on any atom is -0.466 e. The van der Waals surface area contributed by atoms with Gasteiger partial charge in [0.15, 0.2) is 0 Å². The number of hydrogen-bond acceptors (Lipinski definition) is 5. The molecule has 0 radical (unpaired) electrons. The summed E-state index contributed by atoms with van der Waals surface area (Å²) in [5, 5.41) is 10.9. The van der Waals surface area contributed by atoms with Crippen LogP contribution < -0.4 is 0 Å². The molecule has 1 heterocycles. The maximum Gasteiger partial charge on any atom is 0.309 e. The number of hydrogen-bond donors (Lipinski definition) is 0. The van der Waals surface area contributed by atoms with Crippen molar-refractivity contribution in [3.05, 3.63) is 39.9 Å². The third-order valence-electron chi connectivity index (χ3n) is 4.26. The summed E-state index contributed by atoms with van der Waals surface area (Å²) < 4.78 is 5.07. The number of benzene rings is 1. The molecule has 2 rings (SSSR count). The SMILES string of the molecule is CCOC(=O)C1CCN(C(C)c2cccc([N+](=O)[O-])c2)CC1. The van der Waals surface area contributed by atoms with Gasteiger partial charge in [0.1, 0.15) is 0 Å². The lowest BCUT2D eigenvalue weighted by Gasteiger charge is -2.35. The summed E-state index contributed by atoms with van der Waals surface area (Å²) in [6, 6.07) is 6.86. The van der Waals surface area contributed by atoms with Crippen LogP contribution in [0, 0.1) is 16.0 Å². The van der Waals surface area contributed by atoms with Crippen LogP contribution in [0.25, 0.3) is 0 Å². The summed E-state index contributed by atoms with van der Waals surface area (Å²) >= 11 is 0. The fourth-order valence-electron chi connectivity index (χ4n) is 2.89. The normalized spacial score (nSPS) is 17.9. The van der Waals surface area contributed by atoms with E-state index in [2.05, 4.69) is 4.90 Å². The van der Waals surface area contributed by atoms with Gasteiger partial charge in [-0.2, -0.15) is 0 Å². The van der Waals surface area contributed by atoms with Crippen LogP contribution in [-0.4, -0.2) is 35.5 Å². The molecule has 1 aliphatic heterocycles. The first-order valence-corrected chi connectivity index (χ1v) is 7.68. The van der Waals surface area contributed by atoms with Gasteiger partial charge >= 0.3 is 5.97 Å². The van der Waals surface area contributed by atoms with E-state index in [1.54, 1.807) is 12.1 Å². The van der Waals surface area contributed by atoms with E-state index in [1.807, 2.05) is 19.9 Å². The van der Waals surface area contributed by atoms with Crippen molar-refractivity contribution in [2.75, 3.05) is 19.7 Å². The number of carbonyl (C=O) groups excluding carboxylic acids is 1. The molecule has 0 saturated carbocycles. The summed E-state index contributed by atoms with van der Waals surface area (Å²) in [6.07, 6.45) is 1.55. The molecule has 6 nitrogen and oxygen atoms in total. The van der Waals surface area contributed by atoms with E-state index in [1.165, 1.54) is 6.07 Å². The molecule has 0 aromatic heterocycles. The van der Waals surface area contributed by atoms with E-state index in [4.69, 9.17) is 4.74 Å². The van der Waals surface area contributed by atoms with Crippen molar-refractivity contribution in [1.82, 2.24) is 4.90 Å². The van der Waals surface area contributed by atoms with E-state index in [0.717, 1.165) is 31.5 Å². The second-order valence-corrected chi connectivity index (χ2v) is 5.59. The number of ether oxygens (including phenoxy) is 1. The number of non-ortho nitro benzene ring substituents is 1. The quantitative estimate of drug-likeness (QED) is 0.475. The topological polar surface area (TPSA) is 72.7 Å². The summed E-state index contributed by atoms with van der Waals surface area (Å²) in [5.41, 5.74) is 1.05. The summed E-state index contributed by atoms with van der Waals surface area (Å²) in [7, 11) is 0. The number of carbonyl (C=O) groups is 1. The molecule has 120 valence electrons. The standard InChI is InChI=1S/C16H22N2O4/c1-3-22-16(19)13-7-9-17(10-8-13)12(2)14-5-4-6-15(11-14)18(20)21/h4-6,11-13H,3,7-10H2,1-2H3. The molecule has 1 atom stereocenters. The fourth-order valence-corrected chi connectivity index (χ4v) is 2.89. The number of nitro groups is 1. The van der Waals surface area contributed by atoms with E-state index in [0.29, 0.717) is 6.61 Å². The van der Waals surface area contributed by atoms with Gasteiger partial charge < -0.3 is 4.74 Å². The maximum absolute atomic E-state index is 11.7. The van der Waals surface area contributed by atoms with Crippen molar-refractivity contribution in [1.29, 1.82) is 0 Å². The molecule has 1 aliphatic rings. The van der Waals surface area contributed by atoms with Gasteiger partial charge in [-0.15, -0.1) is 0 Å². The van der Waals surface area contributed by atoms with Crippen molar-refractivity contribution >= 4 is 11.7 Å². The largest absolute Gasteiger partial charge is 0.466 e. The first-order valence-electron chi connectivity index (χ1n) is 7.68. The molecular formula is C16H22N2O4. The molecule has 0 N–H and O–H groups in total. The van der Waals surface area contributed by atoms with E-state index in [-0.39, 0.29) is 28.5 Å². The van der Waals surface area contributed by atoms with Crippen molar-refractivity contribution in [3.63, 3.8) is 0 Å².